The van der Waals surface area contributed by atoms with Crippen LogP contribution >= 0.6 is 0 Å². The van der Waals surface area contributed by atoms with Crippen LogP contribution in [0.2, 0.25) is 0 Å². The lowest BCUT2D eigenvalue weighted by Crippen LogP contribution is -2.21. The van der Waals surface area contributed by atoms with E-state index in [0.29, 0.717) is 5.69 Å². The highest BCUT2D eigenvalue weighted by Gasteiger charge is 1.89. The number of guanidine groups is 1. The molecule has 0 unspecified atom stereocenters. The quantitative estimate of drug-likeness (QED) is 0.319. The number of hydrogen-bond acceptors (Lipinski definition) is 4. The molecule has 0 fully saturated rings. The average molecular weight is 179 g/mol. The molecular weight excluding hydrogens is 170 g/mol. The van der Waals surface area contributed by atoms with Gasteiger partial charge in [0.2, 0.25) is 5.96 Å². The molecule has 0 aromatic carbocycles. The third-order valence-corrected chi connectivity index (χ3v) is 1.13. The van der Waals surface area contributed by atoms with Crippen LogP contribution in [-0.2, 0) is 0 Å². The molecule has 6 nitrogen and oxygen atoms in total. The van der Waals surface area contributed by atoms with Crippen molar-refractivity contribution in [1.82, 2.24) is 4.98 Å². The van der Waals surface area contributed by atoms with Crippen molar-refractivity contribution in [3.05, 3.63) is 24.0 Å². The van der Waals surface area contributed by atoms with Gasteiger partial charge in [-0.05, 0) is 12.1 Å². The number of aromatic nitrogens is 1. The molecule has 1 aromatic rings. The van der Waals surface area contributed by atoms with Crippen molar-refractivity contribution in [3.8, 4) is 5.75 Å². The van der Waals surface area contributed by atoms with E-state index in [1.54, 1.807) is 6.07 Å². The third kappa shape index (κ3) is 3.19. The van der Waals surface area contributed by atoms with E-state index in [-0.39, 0.29) is 11.7 Å². The van der Waals surface area contributed by atoms with Crippen molar-refractivity contribution in [2.45, 2.75) is 0 Å². The Morgan fingerprint density at radius 2 is 2.23 bits per heavy atom. The molecule has 0 amide bonds. The Balaban J connectivity index is 2.70. The van der Waals surface area contributed by atoms with E-state index in [9.17, 15) is 0 Å². The third-order valence-electron chi connectivity index (χ3n) is 1.13. The van der Waals surface area contributed by atoms with Crippen LogP contribution in [0.15, 0.2) is 28.5 Å². The highest BCUT2D eigenvalue weighted by molar-refractivity contribution is 5.79. The van der Waals surface area contributed by atoms with Gasteiger partial charge in [-0.3, -0.25) is 4.98 Å². The van der Waals surface area contributed by atoms with Gasteiger partial charge in [-0.1, -0.05) is 0 Å². The summed E-state index contributed by atoms with van der Waals surface area (Å²) in [7, 11) is 0. The summed E-state index contributed by atoms with van der Waals surface area (Å²) in [4.78, 5) is 3.82. The van der Waals surface area contributed by atoms with Crippen molar-refractivity contribution in [2.75, 3.05) is 0 Å². The fourth-order valence-corrected chi connectivity index (χ4v) is 0.629. The first-order chi connectivity index (χ1) is 6.18. The second-order valence-corrected chi connectivity index (χ2v) is 2.21. The maximum absolute atomic E-state index is 8.90. The molecule has 0 radical (unpaired) electrons. The van der Waals surface area contributed by atoms with Crippen LogP contribution in [-0.4, -0.2) is 22.3 Å². The molecule has 13 heavy (non-hydrogen) atoms. The minimum atomic E-state index is -0.116. The highest BCUT2D eigenvalue weighted by Crippen LogP contribution is 2.03. The molecule has 6 heteroatoms. The molecule has 68 valence electrons. The van der Waals surface area contributed by atoms with E-state index in [2.05, 4.69) is 15.2 Å². The average Bonchev–Trinajstić information content (AvgIpc) is 2.08. The van der Waals surface area contributed by atoms with E-state index < -0.39 is 0 Å². The summed E-state index contributed by atoms with van der Waals surface area (Å²) < 4.78 is 0. The van der Waals surface area contributed by atoms with Crippen molar-refractivity contribution >= 4 is 12.2 Å². The number of nitrogens with two attached hydrogens (primary N) is 2. The van der Waals surface area contributed by atoms with E-state index in [1.807, 2.05) is 0 Å². The lowest BCUT2D eigenvalue weighted by molar-refractivity contribution is 0.472. The zero-order valence-electron chi connectivity index (χ0n) is 6.75. The maximum atomic E-state index is 8.90. The Labute approximate surface area is 74.6 Å². The fraction of sp³-hybridized carbons (Fsp3) is 0. The number of aromatic hydroxyl groups is 1. The van der Waals surface area contributed by atoms with E-state index in [0.717, 1.165) is 0 Å². The van der Waals surface area contributed by atoms with Gasteiger partial charge in [0.05, 0.1) is 18.1 Å². The molecule has 0 atom stereocenters. The molecule has 0 saturated carbocycles. The standard InChI is InChI=1S/C7H9N5O/c8-7(9)12-11-3-5-1-2-6(13)4-10-5/h1-4,13H,(H4,8,9,12)/b11-3-. The summed E-state index contributed by atoms with van der Waals surface area (Å²) >= 11 is 0. The minimum absolute atomic E-state index is 0.0963. The second kappa shape index (κ2) is 4.05. The van der Waals surface area contributed by atoms with Gasteiger partial charge in [0.1, 0.15) is 5.75 Å². The van der Waals surface area contributed by atoms with Gasteiger partial charge in [0.25, 0.3) is 0 Å². The Morgan fingerprint density at radius 3 is 2.77 bits per heavy atom. The maximum Gasteiger partial charge on any atom is 0.211 e. The Hall–Kier alpha value is -2.11. The van der Waals surface area contributed by atoms with Crippen molar-refractivity contribution in [2.24, 2.45) is 21.7 Å². The largest absolute Gasteiger partial charge is 0.506 e. The number of hydrogen-bond donors (Lipinski definition) is 3. The monoisotopic (exact) mass is 179 g/mol. The first kappa shape index (κ1) is 8.98. The van der Waals surface area contributed by atoms with Crippen molar-refractivity contribution in [3.63, 3.8) is 0 Å². The predicted molar refractivity (Wildman–Crippen MR) is 49.3 cm³/mol. The zero-order valence-corrected chi connectivity index (χ0v) is 6.75. The van der Waals surface area contributed by atoms with Gasteiger partial charge >= 0.3 is 0 Å². The van der Waals surface area contributed by atoms with Crippen molar-refractivity contribution in [1.29, 1.82) is 0 Å². The molecule has 1 rings (SSSR count). The van der Waals surface area contributed by atoms with E-state index in [1.165, 1.54) is 18.5 Å². The molecular formula is C7H9N5O. The van der Waals surface area contributed by atoms with Gasteiger partial charge in [-0.2, -0.15) is 5.10 Å². The van der Waals surface area contributed by atoms with Crippen LogP contribution in [0.3, 0.4) is 0 Å². The van der Waals surface area contributed by atoms with Crippen LogP contribution in [0, 0.1) is 0 Å². The molecule has 5 N–H and O–H groups in total. The molecule has 0 bridgehead atoms. The predicted octanol–water partition coefficient (Wildman–Crippen LogP) is -0.606. The minimum Gasteiger partial charge on any atom is -0.506 e. The smallest absolute Gasteiger partial charge is 0.211 e. The molecule has 1 heterocycles. The van der Waals surface area contributed by atoms with E-state index in [4.69, 9.17) is 16.6 Å². The molecule has 0 saturated heterocycles. The van der Waals surface area contributed by atoms with Gasteiger partial charge in [0.15, 0.2) is 0 Å². The molecule has 1 aromatic heterocycles. The van der Waals surface area contributed by atoms with Gasteiger partial charge in [-0.25, -0.2) is 0 Å². The fourth-order valence-electron chi connectivity index (χ4n) is 0.629. The lowest BCUT2D eigenvalue weighted by atomic mass is 10.4. The van der Waals surface area contributed by atoms with Crippen molar-refractivity contribution < 1.29 is 5.11 Å². The SMILES string of the molecule is NC(N)=N/N=C\c1ccc(O)cn1. The van der Waals surface area contributed by atoms with Crippen LogP contribution in [0.25, 0.3) is 0 Å². The summed E-state index contributed by atoms with van der Waals surface area (Å²) in [5, 5.41) is 15.8. The first-order valence-electron chi connectivity index (χ1n) is 3.45. The van der Waals surface area contributed by atoms with Gasteiger partial charge in [0, 0.05) is 0 Å². The van der Waals surface area contributed by atoms with Crippen LogP contribution in [0.5, 0.6) is 5.75 Å². The number of nitrogens with zero attached hydrogens (tertiary/aromatic N) is 3. The van der Waals surface area contributed by atoms with Crippen LogP contribution < -0.4 is 11.5 Å². The Kier molecular flexibility index (Phi) is 2.80. The first-order valence-corrected chi connectivity index (χ1v) is 3.45. The van der Waals surface area contributed by atoms with Gasteiger partial charge in [-0.15, -0.1) is 5.10 Å². The molecule has 0 aliphatic heterocycles. The highest BCUT2D eigenvalue weighted by atomic mass is 16.3. The summed E-state index contributed by atoms with van der Waals surface area (Å²) in [6.45, 7) is 0. The lowest BCUT2D eigenvalue weighted by Gasteiger charge is -1.90. The topological polar surface area (TPSA) is 110 Å². The van der Waals surface area contributed by atoms with Crippen LogP contribution in [0.1, 0.15) is 5.69 Å². The summed E-state index contributed by atoms with van der Waals surface area (Å²) in [6.07, 6.45) is 2.68. The second-order valence-electron chi connectivity index (χ2n) is 2.21. The van der Waals surface area contributed by atoms with Crippen LogP contribution in [0.4, 0.5) is 0 Å². The molecule has 0 spiro atoms. The zero-order chi connectivity index (χ0) is 9.68. The van der Waals surface area contributed by atoms with E-state index >= 15 is 0 Å². The Bertz CT molecular complexity index is 325. The number of rotatable bonds is 2. The Morgan fingerprint density at radius 1 is 1.46 bits per heavy atom. The summed E-state index contributed by atoms with van der Waals surface area (Å²) in [5.41, 5.74) is 10.6. The molecule has 0 aliphatic rings. The molecule has 0 aliphatic carbocycles. The summed E-state index contributed by atoms with van der Waals surface area (Å²) in [5.74, 6) is -0.0194. The van der Waals surface area contributed by atoms with Gasteiger partial charge < -0.3 is 16.6 Å². The number of pyridine rings is 1. The normalized spacial score (nSPS) is 10.2. The summed E-state index contributed by atoms with van der Waals surface area (Å²) in [6, 6.07) is 3.07.